The summed E-state index contributed by atoms with van der Waals surface area (Å²) in [6, 6.07) is 6.90. The number of aliphatic hydroxyl groups excluding tert-OH is 1. The largest absolute Gasteiger partial charge is 0.494 e. The molecular formula is C19H19FN2O4. The molecule has 0 bridgehead atoms. The van der Waals surface area contributed by atoms with Crippen molar-refractivity contribution in [1.82, 2.24) is 10.3 Å². The number of hydrogen-bond donors (Lipinski definition) is 2. The molecule has 1 atom stereocenters. The number of hydrogen-bond acceptors (Lipinski definition) is 5. The Morgan fingerprint density at radius 3 is 2.69 bits per heavy atom. The van der Waals surface area contributed by atoms with E-state index in [1.807, 2.05) is 0 Å². The summed E-state index contributed by atoms with van der Waals surface area (Å²) in [5.41, 5.74) is 0.700. The van der Waals surface area contributed by atoms with Crippen molar-refractivity contribution in [2.75, 3.05) is 7.11 Å². The molecule has 0 spiro atoms. The van der Waals surface area contributed by atoms with Gasteiger partial charge in [0.15, 0.2) is 11.6 Å². The van der Waals surface area contributed by atoms with Crippen LogP contribution >= 0.6 is 0 Å². The first-order valence-corrected chi connectivity index (χ1v) is 8.26. The molecule has 1 fully saturated rings. The van der Waals surface area contributed by atoms with E-state index in [2.05, 4.69) is 10.3 Å². The minimum Gasteiger partial charge on any atom is -0.494 e. The van der Waals surface area contributed by atoms with Crippen LogP contribution in [0.3, 0.4) is 0 Å². The number of rotatable bonds is 6. The second-order valence-electron chi connectivity index (χ2n) is 6.30. The number of Topliss-reactive ketones (excluding diaryl/α,β-unsaturated/α-hetero) is 1. The van der Waals surface area contributed by atoms with Gasteiger partial charge in [-0.3, -0.25) is 14.6 Å². The summed E-state index contributed by atoms with van der Waals surface area (Å²) in [5, 5.41) is 12.3. The van der Waals surface area contributed by atoms with Crippen molar-refractivity contribution >= 4 is 11.7 Å². The SMILES string of the molecule is COc1ccc(C(NC(=O)C(=O)c2cccnc2)C2CC(O)C2)cc1F. The highest BCUT2D eigenvalue weighted by Gasteiger charge is 2.37. The van der Waals surface area contributed by atoms with Crippen LogP contribution in [0.2, 0.25) is 0 Å². The van der Waals surface area contributed by atoms with Gasteiger partial charge >= 0.3 is 0 Å². The van der Waals surface area contributed by atoms with E-state index in [1.54, 1.807) is 12.1 Å². The maximum Gasteiger partial charge on any atom is 0.292 e. The molecule has 0 radical (unpaired) electrons. The molecule has 1 saturated carbocycles. The van der Waals surface area contributed by atoms with Gasteiger partial charge in [0.2, 0.25) is 0 Å². The third kappa shape index (κ3) is 3.72. The van der Waals surface area contributed by atoms with Crippen LogP contribution in [-0.4, -0.2) is 35.0 Å². The molecule has 0 aliphatic heterocycles. The van der Waals surface area contributed by atoms with E-state index < -0.39 is 29.7 Å². The topological polar surface area (TPSA) is 88.5 Å². The molecule has 3 rings (SSSR count). The lowest BCUT2D eigenvalue weighted by atomic mass is 9.75. The van der Waals surface area contributed by atoms with Crippen LogP contribution in [-0.2, 0) is 4.79 Å². The summed E-state index contributed by atoms with van der Waals surface area (Å²) in [5.74, 6) is -2.04. The fraction of sp³-hybridized carbons (Fsp3) is 0.316. The smallest absolute Gasteiger partial charge is 0.292 e. The minimum atomic E-state index is -0.791. The van der Waals surface area contributed by atoms with Crippen LogP contribution in [0.25, 0.3) is 0 Å². The maximum absolute atomic E-state index is 14.1. The highest BCUT2D eigenvalue weighted by atomic mass is 19.1. The summed E-state index contributed by atoms with van der Waals surface area (Å²) in [7, 11) is 1.37. The summed E-state index contributed by atoms with van der Waals surface area (Å²) < 4.78 is 19.0. The lowest BCUT2D eigenvalue weighted by Crippen LogP contribution is -2.43. The number of methoxy groups -OCH3 is 1. The van der Waals surface area contributed by atoms with Crippen LogP contribution in [0.1, 0.15) is 34.8 Å². The maximum atomic E-state index is 14.1. The molecule has 2 N–H and O–H groups in total. The Kier molecular flexibility index (Phi) is 5.27. The molecule has 2 aromatic rings. The monoisotopic (exact) mass is 358 g/mol. The number of amides is 1. The normalized spacial score (nSPS) is 20.0. The van der Waals surface area contributed by atoms with Crippen LogP contribution in [0, 0.1) is 11.7 Å². The molecule has 1 amide bonds. The van der Waals surface area contributed by atoms with E-state index in [4.69, 9.17) is 4.74 Å². The Morgan fingerprint density at radius 2 is 2.12 bits per heavy atom. The van der Waals surface area contributed by atoms with Crippen molar-refractivity contribution in [3.8, 4) is 5.75 Å². The van der Waals surface area contributed by atoms with E-state index in [-0.39, 0.29) is 17.2 Å². The predicted molar refractivity (Wildman–Crippen MR) is 91.1 cm³/mol. The number of aromatic nitrogens is 1. The molecule has 136 valence electrons. The first-order chi connectivity index (χ1) is 12.5. The van der Waals surface area contributed by atoms with Crippen LogP contribution in [0.4, 0.5) is 4.39 Å². The number of ketones is 1. The van der Waals surface area contributed by atoms with E-state index >= 15 is 0 Å². The number of nitrogens with one attached hydrogen (secondary N) is 1. The number of pyridine rings is 1. The molecular weight excluding hydrogens is 339 g/mol. The van der Waals surface area contributed by atoms with Crippen LogP contribution in [0.15, 0.2) is 42.7 Å². The van der Waals surface area contributed by atoms with E-state index in [0.717, 1.165) is 0 Å². The number of benzene rings is 1. The summed E-state index contributed by atoms with van der Waals surface area (Å²) >= 11 is 0. The quantitative estimate of drug-likeness (QED) is 0.609. The molecule has 1 unspecified atom stereocenters. The second-order valence-corrected chi connectivity index (χ2v) is 6.30. The highest BCUT2D eigenvalue weighted by Crippen LogP contribution is 2.39. The van der Waals surface area contributed by atoms with Crippen molar-refractivity contribution in [1.29, 1.82) is 0 Å². The van der Waals surface area contributed by atoms with E-state index in [1.165, 1.54) is 37.7 Å². The van der Waals surface area contributed by atoms with Gasteiger partial charge in [-0.05, 0) is 48.6 Å². The van der Waals surface area contributed by atoms with Gasteiger partial charge in [0.1, 0.15) is 0 Å². The van der Waals surface area contributed by atoms with Crippen LogP contribution < -0.4 is 10.1 Å². The van der Waals surface area contributed by atoms with Crippen molar-refractivity contribution in [3.05, 3.63) is 59.7 Å². The molecule has 26 heavy (non-hydrogen) atoms. The van der Waals surface area contributed by atoms with E-state index in [0.29, 0.717) is 18.4 Å². The van der Waals surface area contributed by atoms with Gasteiger partial charge in [-0.15, -0.1) is 0 Å². The van der Waals surface area contributed by atoms with E-state index in [9.17, 15) is 19.1 Å². The Morgan fingerprint density at radius 1 is 1.35 bits per heavy atom. The highest BCUT2D eigenvalue weighted by molar-refractivity contribution is 6.42. The molecule has 7 heteroatoms. The second kappa shape index (κ2) is 7.61. The van der Waals surface area contributed by atoms with Crippen molar-refractivity contribution < 1.29 is 23.8 Å². The Hall–Kier alpha value is -2.80. The Balaban J connectivity index is 1.82. The van der Waals surface area contributed by atoms with Gasteiger partial charge in [-0.2, -0.15) is 0 Å². The van der Waals surface area contributed by atoms with Gasteiger partial charge in [-0.1, -0.05) is 6.07 Å². The molecule has 6 nitrogen and oxygen atoms in total. The average Bonchev–Trinajstić information content (AvgIpc) is 2.63. The lowest BCUT2D eigenvalue weighted by Gasteiger charge is -2.38. The first kappa shape index (κ1) is 18.0. The predicted octanol–water partition coefficient (Wildman–Crippen LogP) is 2.04. The van der Waals surface area contributed by atoms with Crippen molar-refractivity contribution in [2.24, 2.45) is 5.92 Å². The fourth-order valence-corrected chi connectivity index (χ4v) is 3.09. The zero-order valence-electron chi connectivity index (χ0n) is 14.2. The zero-order chi connectivity index (χ0) is 18.7. The van der Waals surface area contributed by atoms with Gasteiger partial charge in [-0.25, -0.2) is 4.39 Å². The average molecular weight is 358 g/mol. The van der Waals surface area contributed by atoms with Crippen molar-refractivity contribution in [2.45, 2.75) is 25.0 Å². The third-order valence-electron chi connectivity index (χ3n) is 4.57. The number of nitrogens with zero attached hydrogens (tertiary/aromatic N) is 1. The molecule has 0 saturated heterocycles. The lowest BCUT2D eigenvalue weighted by molar-refractivity contribution is -0.118. The number of ether oxygens (including phenoxy) is 1. The Labute approximate surface area is 150 Å². The molecule has 1 aromatic carbocycles. The summed E-state index contributed by atoms with van der Waals surface area (Å²) in [6.45, 7) is 0. The summed E-state index contributed by atoms with van der Waals surface area (Å²) in [6.07, 6.45) is 3.32. The number of carbonyl (C=O) groups is 2. The molecule has 1 aliphatic rings. The molecule has 1 heterocycles. The Bertz CT molecular complexity index is 806. The van der Waals surface area contributed by atoms with Crippen LogP contribution in [0.5, 0.6) is 5.75 Å². The van der Waals surface area contributed by atoms with Gasteiger partial charge in [0.05, 0.1) is 19.3 Å². The zero-order valence-corrected chi connectivity index (χ0v) is 14.2. The van der Waals surface area contributed by atoms with Gasteiger partial charge in [0, 0.05) is 18.0 Å². The standard InChI is InChI=1S/C19H19FN2O4/c1-26-16-5-4-11(9-15(16)20)17(13-7-14(23)8-13)22-19(25)18(24)12-3-2-6-21-10-12/h2-6,9-10,13-14,17,23H,7-8H2,1H3,(H,22,25). The minimum absolute atomic E-state index is 0.0801. The van der Waals surface area contributed by atoms with Gasteiger partial charge < -0.3 is 15.2 Å². The summed E-state index contributed by atoms with van der Waals surface area (Å²) in [4.78, 5) is 28.5. The first-order valence-electron chi connectivity index (χ1n) is 8.26. The third-order valence-corrected chi connectivity index (χ3v) is 4.57. The van der Waals surface area contributed by atoms with Gasteiger partial charge in [0.25, 0.3) is 11.7 Å². The number of carbonyl (C=O) groups excluding carboxylic acids is 2. The number of aliphatic hydroxyl groups is 1. The fourth-order valence-electron chi connectivity index (χ4n) is 3.09. The molecule has 1 aromatic heterocycles. The molecule has 1 aliphatic carbocycles. The van der Waals surface area contributed by atoms with Crippen molar-refractivity contribution in [3.63, 3.8) is 0 Å². The number of halogens is 1.